The van der Waals surface area contributed by atoms with Crippen LogP contribution in [-0.4, -0.2) is 23.5 Å². The highest BCUT2D eigenvalue weighted by Crippen LogP contribution is 2.20. The Bertz CT molecular complexity index is 485. The molecule has 0 saturated carbocycles. The number of methoxy groups -OCH3 is 1. The first-order valence-corrected chi connectivity index (χ1v) is 7.12. The van der Waals surface area contributed by atoms with E-state index in [-0.39, 0.29) is 12.3 Å². The van der Waals surface area contributed by atoms with Gasteiger partial charge in [-0.2, -0.15) is 0 Å². The van der Waals surface area contributed by atoms with Crippen LogP contribution >= 0.6 is 12.2 Å². The summed E-state index contributed by atoms with van der Waals surface area (Å²) in [4.78, 5) is 12.6. The number of ether oxygens (including phenoxy) is 1. The minimum atomic E-state index is -0.603. The molecule has 0 spiro atoms. The summed E-state index contributed by atoms with van der Waals surface area (Å²) in [5, 5.41) is 2.97. The van der Waals surface area contributed by atoms with E-state index in [1.165, 1.54) is 0 Å². The van der Waals surface area contributed by atoms with Crippen molar-refractivity contribution in [3.63, 3.8) is 0 Å². The van der Waals surface area contributed by atoms with Crippen LogP contribution in [0.4, 0.5) is 0 Å². The topological polar surface area (TPSA) is 64.3 Å². The highest BCUT2D eigenvalue weighted by Gasteiger charge is 2.31. The van der Waals surface area contributed by atoms with Gasteiger partial charge in [-0.3, -0.25) is 4.79 Å². The Morgan fingerprint density at radius 1 is 1.35 bits per heavy atom. The molecule has 3 N–H and O–H groups in total. The molecule has 0 fully saturated rings. The van der Waals surface area contributed by atoms with Crippen molar-refractivity contribution in [1.29, 1.82) is 0 Å². The van der Waals surface area contributed by atoms with Gasteiger partial charge in [0.15, 0.2) is 0 Å². The maximum Gasteiger partial charge on any atom is 0.225 e. The standard InChI is InChI=1S/C15H22N2O2S/c1-4-15(5-2,14(16)20)17-13(18)10-11-8-6-7-9-12(11)19-3/h6-9H,4-5,10H2,1-3H3,(H2,16,20)(H,17,18). The number of carbonyl (C=O) groups is 1. The molecule has 0 aromatic heterocycles. The summed E-state index contributed by atoms with van der Waals surface area (Å²) in [7, 11) is 1.59. The van der Waals surface area contributed by atoms with Gasteiger partial charge in [-0.1, -0.05) is 44.3 Å². The second-order valence-corrected chi connectivity index (χ2v) is 5.13. The number of thiocarbonyl (C=S) groups is 1. The van der Waals surface area contributed by atoms with Crippen molar-refractivity contribution < 1.29 is 9.53 Å². The van der Waals surface area contributed by atoms with Crippen LogP contribution in [0, 0.1) is 0 Å². The van der Waals surface area contributed by atoms with Crippen molar-refractivity contribution in [2.75, 3.05) is 7.11 Å². The van der Waals surface area contributed by atoms with Gasteiger partial charge in [0.25, 0.3) is 0 Å². The van der Waals surface area contributed by atoms with Gasteiger partial charge < -0.3 is 15.8 Å². The van der Waals surface area contributed by atoms with Gasteiger partial charge in [-0.15, -0.1) is 0 Å². The summed E-state index contributed by atoms with van der Waals surface area (Å²) in [6.45, 7) is 3.93. The smallest absolute Gasteiger partial charge is 0.225 e. The third kappa shape index (κ3) is 3.70. The van der Waals surface area contributed by atoms with E-state index in [0.717, 1.165) is 5.56 Å². The van der Waals surface area contributed by atoms with Crippen molar-refractivity contribution >= 4 is 23.1 Å². The summed E-state index contributed by atoms with van der Waals surface area (Å²) >= 11 is 5.10. The highest BCUT2D eigenvalue weighted by atomic mass is 32.1. The Hall–Kier alpha value is -1.62. The molecule has 1 aromatic carbocycles. The molecule has 110 valence electrons. The lowest BCUT2D eigenvalue weighted by molar-refractivity contribution is -0.121. The molecule has 0 aliphatic rings. The first-order valence-electron chi connectivity index (χ1n) is 6.72. The van der Waals surface area contributed by atoms with Crippen LogP contribution in [-0.2, 0) is 11.2 Å². The van der Waals surface area contributed by atoms with E-state index < -0.39 is 5.54 Å². The molecule has 1 amide bonds. The lowest BCUT2D eigenvalue weighted by atomic mass is 9.92. The molecular formula is C15H22N2O2S. The highest BCUT2D eigenvalue weighted by molar-refractivity contribution is 7.80. The third-order valence-corrected chi connectivity index (χ3v) is 3.99. The summed E-state index contributed by atoms with van der Waals surface area (Å²) in [6, 6.07) is 7.46. The average molecular weight is 294 g/mol. The second kappa shape index (κ2) is 7.24. The molecule has 5 heteroatoms. The minimum absolute atomic E-state index is 0.106. The molecule has 0 atom stereocenters. The van der Waals surface area contributed by atoms with Gasteiger partial charge >= 0.3 is 0 Å². The van der Waals surface area contributed by atoms with Crippen molar-refractivity contribution in [3.05, 3.63) is 29.8 Å². The molecule has 0 saturated heterocycles. The predicted molar refractivity (Wildman–Crippen MR) is 84.9 cm³/mol. The first kappa shape index (κ1) is 16.4. The normalized spacial score (nSPS) is 10.9. The van der Waals surface area contributed by atoms with Crippen molar-refractivity contribution in [2.24, 2.45) is 5.73 Å². The molecule has 0 bridgehead atoms. The molecule has 4 nitrogen and oxygen atoms in total. The molecule has 0 radical (unpaired) electrons. The summed E-state index contributed by atoms with van der Waals surface area (Å²) in [6.07, 6.45) is 1.60. The van der Waals surface area contributed by atoms with Crippen molar-refractivity contribution in [3.8, 4) is 5.75 Å². The quantitative estimate of drug-likeness (QED) is 0.757. The molecular weight excluding hydrogens is 272 g/mol. The number of benzene rings is 1. The van der Waals surface area contributed by atoms with E-state index >= 15 is 0 Å². The maximum atomic E-state index is 12.2. The fraction of sp³-hybridized carbons (Fsp3) is 0.467. The number of hydrogen-bond acceptors (Lipinski definition) is 3. The van der Waals surface area contributed by atoms with Gasteiger partial charge in [0, 0.05) is 5.56 Å². The van der Waals surface area contributed by atoms with Crippen LogP contribution in [0.25, 0.3) is 0 Å². The molecule has 1 rings (SSSR count). The largest absolute Gasteiger partial charge is 0.496 e. The molecule has 20 heavy (non-hydrogen) atoms. The minimum Gasteiger partial charge on any atom is -0.496 e. The van der Waals surface area contributed by atoms with E-state index in [2.05, 4.69) is 5.32 Å². The zero-order valence-corrected chi connectivity index (χ0v) is 13.0. The van der Waals surface area contributed by atoms with E-state index in [0.29, 0.717) is 23.6 Å². The van der Waals surface area contributed by atoms with Gasteiger partial charge in [-0.05, 0) is 18.9 Å². The Morgan fingerprint density at radius 2 is 1.95 bits per heavy atom. The number of para-hydroxylation sites is 1. The summed E-state index contributed by atoms with van der Waals surface area (Å²) < 4.78 is 5.25. The van der Waals surface area contributed by atoms with Gasteiger partial charge in [0.05, 0.1) is 24.1 Å². The lowest BCUT2D eigenvalue weighted by Crippen LogP contribution is -2.56. The molecule has 0 heterocycles. The van der Waals surface area contributed by atoms with Crippen LogP contribution in [0.1, 0.15) is 32.3 Å². The van der Waals surface area contributed by atoms with Gasteiger partial charge in [0.2, 0.25) is 5.91 Å². The Morgan fingerprint density at radius 3 is 2.45 bits per heavy atom. The zero-order chi connectivity index (χ0) is 15.2. The molecule has 0 aliphatic carbocycles. The first-order chi connectivity index (χ1) is 9.49. The number of hydrogen-bond donors (Lipinski definition) is 2. The maximum absolute atomic E-state index is 12.2. The molecule has 0 aliphatic heterocycles. The average Bonchev–Trinajstić information content (AvgIpc) is 2.45. The Balaban J connectivity index is 2.84. The number of amides is 1. The molecule has 0 unspecified atom stereocenters. The number of rotatable bonds is 7. The number of carbonyl (C=O) groups excluding carboxylic acids is 1. The van der Waals surface area contributed by atoms with Crippen molar-refractivity contribution in [2.45, 2.75) is 38.6 Å². The Kier molecular flexibility index (Phi) is 5.95. The fourth-order valence-corrected chi connectivity index (χ4v) is 2.51. The van der Waals surface area contributed by atoms with Crippen LogP contribution in [0.3, 0.4) is 0 Å². The number of nitrogens with two attached hydrogens (primary N) is 1. The molecule has 1 aromatic rings. The number of nitrogens with one attached hydrogen (secondary N) is 1. The van der Waals surface area contributed by atoms with E-state index in [4.69, 9.17) is 22.7 Å². The zero-order valence-electron chi connectivity index (χ0n) is 12.2. The van der Waals surface area contributed by atoms with Crippen LogP contribution in [0.15, 0.2) is 24.3 Å². The van der Waals surface area contributed by atoms with E-state index in [1.54, 1.807) is 7.11 Å². The van der Waals surface area contributed by atoms with Crippen molar-refractivity contribution in [1.82, 2.24) is 5.32 Å². The fourth-order valence-electron chi connectivity index (χ4n) is 2.17. The van der Waals surface area contributed by atoms with Crippen LogP contribution in [0.2, 0.25) is 0 Å². The monoisotopic (exact) mass is 294 g/mol. The second-order valence-electron chi connectivity index (χ2n) is 4.69. The van der Waals surface area contributed by atoms with E-state index in [1.807, 2.05) is 38.1 Å². The van der Waals surface area contributed by atoms with Gasteiger partial charge in [-0.25, -0.2) is 0 Å². The van der Waals surface area contributed by atoms with E-state index in [9.17, 15) is 4.79 Å². The van der Waals surface area contributed by atoms with Crippen LogP contribution < -0.4 is 15.8 Å². The van der Waals surface area contributed by atoms with Gasteiger partial charge in [0.1, 0.15) is 5.75 Å². The van der Waals surface area contributed by atoms with Crippen LogP contribution in [0.5, 0.6) is 5.75 Å². The Labute approximate surface area is 125 Å². The summed E-state index contributed by atoms with van der Waals surface area (Å²) in [5.74, 6) is 0.600. The third-order valence-electron chi connectivity index (χ3n) is 3.60. The SMILES string of the molecule is CCC(CC)(NC(=O)Cc1ccccc1OC)C(N)=S. The predicted octanol–water partition coefficient (Wildman–Crippen LogP) is 2.20. The lowest BCUT2D eigenvalue weighted by Gasteiger charge is -2.31. The summed E-state index contributed by atoms with van der Waals surface area (Å²) in [5.41, 5.74) is 6.02.